The fraction of sp³-hybridized carbons (Fsp3) is 0.562. The van der Waals surface area contributed by atoms with Crippen LogP contribution in [-0.2, 0) is 0 Å². The lowest BCUT2D eigenvalue weighted by molar-refractivity contribution is 0.0949. The summed E-state index contributed by atoms with van der Waals surface area (Å²) < 4.78 is 13.0. The maximum atomic E-state index is 13.0. The van der Waals surface area contributed by atoms with E-state index in [4.69, 9.17) is 0 Å². The molecule has 0 saturated heterocycles. The summed E-state index contributed by atoms with van der Waals surface area (Å²) >= 11 is 0. The summed E-state index contributed by atoms with van der Waals surface area (Å²) in [5, 5.41) is 2.95. The van der Waals surface area contributed by atoms with E-state index in [1.807, 2.05) is 0 Å². The molecule has 0 atom stereocenters. The van der Waals surface area contributed by atoms with E-state index in [0.29, 0.717) is 11.1 Å². The smallest absolute Gasteiger partial charge is 0.251 e. The maximum Gasteiger partial charge on any atom is 0.251 e. The number of benzene rings is 1. The largest absolute Gasteiger partial charge is 0.352 e. The third-order valence-electron chi connectivity index (χ3n) is 4.00. The van der Waals surface area contributed by atoms with Gasteiger partial charge in [0, 0.05) is 12.1 Å². The first-order valence-electron chi connectivity index (χ1n) is 7.21. The molecule has 1 saturated carbocycles. The fourth-order valence-electron chi connectivity index (χ4n) is 2.84. The van der Waals surface area contributed by atoms with Crippen LogP contribution in [0.5, 0.6) is 0 Å². The molecule has 0 unspecified atom stereocenters. The van der Waals surface area contributed by atoms with Crippen molar-refractivity contribution in [2.75, 3.05) is 6.54 Å². The van der Waals surface area contributed by atoms with Gasteiger partial charge in [0.1, 0.15) is 5.82 Å². The maximum absolute atomic E-state index is 13.0. The molecule has 0 bridgehead atoms. The van der Waals surface area contributed by atoms with Gasteiger partial charge in [-0.15, -0.1) is 0 Å². The fourth-order valence-corrected chi connectivity index (χ4v) is 2.84. The van der Waals surface area contributed by atoms with Crippen LogP contribution in [0.25, 0.3) is 0 Å². The summed E-state index contributed by atoms with van der Waals surface area (Å²) in [7, 11) is 0. The van der Waals surface area contributed by atoms with Crippen LogP contribution in [0.1, 0.15) is 54.4 Å². The second-order valence-corrected chi connectivity index (χ2v) is 5.51. The number of nitrogens with one attached hydrogen (secondary N) is 1. The molecular weight excluding hydrogens is 241 g/mol. The van der Waals surface area contributed by atoms with Crippen molar-refractivity contribution in [2.45, 2.75) is 45.4 Å². The minimum atomic E-state index is -0.295. The predicted molar refractivity (Wildman–Crippen MR) is 74.7 cm³/mol. The number of hydrogen-bond acceptors (Lipinski definition) is 1. The number of rotatable bonds is 4. The summed E-state index contributed by atoms with van der Waals surface area (Å²) in [5.41, 5.74) is 1.26. The van der Waals surface area contributed by atoms with Crippen molar-refractivity contribution >= 4 is 5.91 Å². The Kier molecular flexibility index (Phi) is 4.94. The van der Waals surface area contributed by atoms with Crippen LogP contribution in [0.2, 0.25) is 0 Å². The first-order valence-corrected chi connectivity index (χ1v) is 7.21. The van der Waals surface area contributed by atoms with Gasteiger partial charge in [0.25, 0.3) is 5.91 Å². The number of halogens is 1. The Balaban J connectivity index is 1.80. The molecule has 1 fully saturated rings. The van der Waals surface area contributed by atoms with Gasteiger partial charge < -0.3 is 5.32 Å². The standard InChI is InChI=1S/C16H22FNO/c1-12-11-14(17)7-8-15(12)16(19)18-10-9-13-5-3-2-4-6-13/h7-8,11,13H,2-6,9-10H2,1H3,(H,18,19). The average Bonchev–Trinajstić information content (AvgIpc) is 2.39. The molecule has 19 heavy (non-hydrogen) atoms. The predicted octanol–water partition coefficient (Wildman–Crippen LogP) is 3.83. The normalized spacial score (nSPS) is 16.3. The molecule has 2 rings (SSSR count). The highest BCUT2D eigenvalue weighted by atomic mass is 19.1. The van der Waals surface area contributed by atoms with Crippen molar-refractivity contribution in [3.05, 3.63) is 35.1 Å². The second kappa shape index (κ2) is 6.69. The van der Waals surface area contributed by atoms with Gasteiger partial charge in [-0.05, 0) is 43.0 Å². The number of aryl methyl sites for hydroxylation is 1. The molecule has 0 aromatic heterocycles. The van der Waals surface area contributed by atoms with Gasteiger partial charge in [0.2, 0.25) is 0 Å². The van der Waals surface area contributed by atoms with Gasteiger partial charge >= 0.3 is 0 Å². The van der Waals surface area contributed by atoms with Gasteiger partial charge in [-0.25, -0.2) is 4.39 Å². The molecule has 1 aromatic carbocycles. The second-order valence-electron chi connectivity index (χ2n) is 5.51. The molecule has 1 N–H and O–H groups in total. The first kappa shape index (κ1) is 14.0. The van der Waals surface area contributed by atoms with Gasteiger partial charge in [-0.3, -0.25) is 4.79 Å². The van der Waals surface area contributed by atoms with Crippen LogP contribution in [0.4, 0.5) is 4.39 Å². The van der Waals surface area contributed by atoms with E-state index < -0.39 is 0 Å². The number of hydrogen-bond donors (Lipinski definition) is 1. The Bertz CT molecular complexity index is 438. The Morgan fingerprint density at radius 1 is 1.32 bits per heavy atom. The van der Waals surface area contributed by atoms with Gasteiger partial charge in [0.15, 0.2) is 0 Å². The third kappa shape index (κ3) is 4.05. The van der Waals surface area contributed by atoms with Crippen LogP contribution in [0, 0.1) is 18.7 Å². The SMILES string of the molecule is Cc1cc(F)ccc1C(=O)NCCC1CCCCC1. The van der Waals surface area contributed by atoms with E-state index >= 15 is 0 Å². The van der Waals surface area contributed by atoms with Crippen LogP contribution in [0.15, 0.2) is 18.2 Å². The molecule has 1 aliphatic carbocycles. The Morgan fingerprint density at radius 2 is 2.05 bits per heavy atom. The topological polar surface area (TPSA) is 29.1 Å². The number of carbonyl (C=O) groups is 1. The molecule has 0 aliphatic heterocycles. The Hall–Kier alpha value is -1.38. The van der Waals surface area contributed by atoms with Crippen LogP contribution in [0.3, 0.4) is 0 Å². The lowest BCUT2D eigenvalue weighted by Gasteiger charge is -2.21. The lowest BCUT2D eigenvalue weighted by Crippen LogP contribution is -2.27. The van der Waals surface area contributed by atoms with Crippen molar-refractivity contribution < 1.29 is 9.18 Å². The number of amides is 1. The summed E-state index contributed by atoms with van der Waals surface area (Å²) in [6.07, 6.45) is 7.67. The van der Waals surface area contributed by atoms with Crippen molar-refractivity contribution in [1.29, 1.82) is 0 Å². The summed E-state index contributed by atoms with van der Waals surface area (Å²) in [4.78, 5) is 12.0. The summed E-state index contributed by atoms with van der Waals surface area (Å²) in [6.45, 7) is 2.49. The number of carbonyl (C=O) groups excluding carboxylic acids is 1. The van der Waals surface area contributed by atoms with E-state index in [1.54, 1.807) is 13.0 Å². The van der Waals surface area contributed by atoms with E-state index in [9.17, 15) is 9.18 Å². The van der Waals surface area contributed by atoms with Crippen LogP contribution >= 0.6 is 0 Å². The van der Waals surface area contributed by atoms with E-state index in [0.717, 1.165) is 18.9 Å². The summed E-state index contributed by atoms with van der Waals surface area (Å²) in [5.74, 6) is 0.382. The zero-order valence-electron chi connectivity index (χ0n) is 11.5. The molecule has 2 nitrogen and oxygen atoms in total. The monoisotopic (exact) mass is 263 g/mol. The zero-order valence-corrected chi connectivity index (χ0v) is 11.5. The van der Waals surface area contributed by atoms with Crippen LogP contribution in [-0.4, -0.2) is 12.5 Å². The minimum Gasteiger partial charge on any atom is -0.352 e. The molecule has 104 valence electrons. The third-order valence-corrected chi connectivity index (χ3v) is 4.00. The summed E-state index contributed by atoms with van der Waals surface area (Å²) in [6, 6.07) is 4.29. The molecule has 0 spiro atoms. The van der Waals surface area contributed by atoms with Crippen molar-refractivity contribution in [3.63, 3.8) is 0 Å². The highest BCUT2D eigenvalue weighted by molar-refractivity contribution is 5.95. The molecule has 1 aliphatic rings. The van der Waals surface area contributed by atoms with E-state index in [-0.39, 0.29) is 11.7 Å². The molecule has 0 radical (unpaired) electrons. The molecule has 3 heteroatoms. The zero-order chi connectivity index (χ0) is 13.7. The Morgan fingerprint density at radius 3 is 2.74 bits per heavy atom. The minimum absolute atomic E-state index is 0.0895. The quantitative estimate of drug-likeness (QED) is 0.878. The molecule has 1 aromatic rings. The van der Waals surface area contributed by atoms with Crippen LogP contribution < -0.4 is 5.32 Å². The highest BCUT2D eigenvalue weighted by Gasteiger charge is 2.14. The van der Waals surface area contributed by atoms with Gasteiger partial charge in [-0.2, -0.15) is 0 Å². The van der Waals surface area contributed by atoms with E-state index in [2.05, 4.69) is 5.32 Å². The highest BCUT2D eigenvalue weighted by Crippen LogP contribution is 2.25. The first-order chi connectivity index (χ1) is 9.16. The van der Waals surface area contributed by atoms with Crippen molar-refractivity contribution in [2.24, 2.45) is 5.92 Å². The van der Waals surface area contributed by atoms with E-state index in [1.165, 1.54) is 44.2 Å². The van der Waals surface area contributed by atoms with Crippen molar-refractivity contribution in [3.8, 4) is 0 Å². The van der Waals surface area contributed by atoms with Gasteiger partial charge in [0.05, 0.1) is 0 Å². The Labute approximate surface area is 114 Å². The molecule has 1 amide bonds. The molecular formula is C16H22FNO. The average molecular weight is 263 g/mol. The molecule has 0 heterocycles. The van der Waals surface area contributed by atoms with Gasteiger partial charge in [-0.1, -0.05) is 32.1 Å². The van der Waals surface area contributed by atoms with Crippen molar-refractivity contribution in [1.82, 2.24) is 5.32 Å². The lowest BCUT2D eigenvalue weighted by atomic mass is 9.87.